The number of hydrogen-bond acceptors (Lipinski definition) is 4. The van der Waals surface area contributed by atoms with Gasteiger partial charge in [-0.15, -0.1) is 0 Å². The van der Waals surface area contributed by atoms with E-state index < -0.39 is 23.8 Å². The molecule has 0 radical (unpaired) electrons. The highest BCUT2D eigenvalue weighted by atomic mass is 19.1. The van der Waals surface area contributed by atoms with E-state index in [0.717, 1.165) is 22.8 Å². The van der Waals surface area contributed by atoms with Gasteiger partial charge in [0.15, 0.2) is 6.10 Å². The molecule has 1 heterocycles. The number of hydrogen-bond donors (Lipinski definition) is 1. The molecule has 3 aromatic rings. The molecule has 182 valence electrons. The number of anilines is 1. The zero-order valence-corrected chi connectivity index (χ0v) is 19.8. The Labute approximate surface area is 203 Å². The highest BCUT2D eigenvalue weighted by Crippen LogP contribution is 2.26. The molecule has 0 bridgehead atoms. The van der Waals surface area contributed by atoms with Crippen molar-refractivity contribution in [2.24, 2.45) is 5.16 Å². The summed E-state index contributed by atoms with van der Waals surface area (Å²) < 4.78 is 33.3. The van der Waals surface area contributed by atoms with Gasteiger partial charge in [0.1, 0.15) is 17.4 Å². The summed E-state index contributed by atoms with van der Waals surface area (Å²) in [5, 5.41) is 7.11. The predicted molar refractivity (Wildman–Crippen MR) is 131 cm³/mol. The molecule has 3 aromatic carbocycles. The Hall–Kier alpha value is -3.94. The summed E-state index contributed by atoms with van der Waals surface area (Å²) in [6, 6.07) is 16.1. The van der Waals surface area contributed by atoms with Crippen molar-refractivity contribution in [1.82, 2.24) is 4.90 Å². The second-order valence-electron chi connectivity index (χ2n) is 8.53. The Morgan fingerprint density at radius 3 is 2.69 bits per heavy atom. The van der Waals surface area contributed by atoms with Gasteiger partial charge >= 0.3 is 6.03 Å². The fourth-order valence-electron chi connectivity index (χ4n) is 4.04. The molecule has 1 aliphatic rings. The third kappa shape index (κ3) is 5.77. The van der Waals surface area contributed by atoms with Crippen LogP contribution >= 0.6 is 0 Å². The van der Waals surface area contributed by atoms with Crippen LogP contribution in [0.3, 0.4) is 0 Å². The molecule has 35 heavy (non-hydrogen) atoms. The number of aryl methyl sites for hydroxylation is 2. The molecule has 1 N–H and O–H groups in total. The molecule has 0 aromatic heterocycles. The van der Waals surface area contributed by atoms with Crippen molar-refractivity contribution in [3.8, 4) is 5.75 Å². The van der Waals surface area contributed by atoms with Gasteiger partial charge in [0.2, 0.25) is 0 Å². The number of amides is 2. The molecule has 1 atom stereocenters. The molecule has 0 spiro atoms. The van der Waals surface area contributed by atoms with Gasteiger partial charge in [-0.1, -0.05) is 41.1 Å². The van der Waals surface area contributed by atoms with E-state index in [2.05, 4.69) is 10.5 Å². The lowest BCUT2D eigenvalue weighted by molar-refractivity contribution is 0.0606. The lowest BCUT2D eigenvalue weighted by Crippen LogP contribution is -2.40. The molecular weight excluding hydrogens is 452 g/mol. The van der Waals surface area contributed by atoms with Gasteiger partial charge in [0.25, 0.3) is 0 Å². The van der Waals surface area contributed by atoms with E-state index in [4.69, 9.17) is 9.57 Å². The predicted octanol–water partition coefficient (Wildman–Crippen LogP) is 5.82. The Balaban J connectivity index is 1.53. The summed E-state index contributed by atoms with van der Waals surface area (Å²) in [6.07, 6.45) is 0.00266. The monoisotopic (exact) mass is 479 g/mol. The second kappa shape index (κ2) is 10.5. The first kappa shape index (κ1) is 24.2. The number of oxime groups is 1. The Bertz CT molecular complexity index is 1260. The van der Waals surface area contributed by atoms with Crippen LogP contribution in [0.1, 0.15) is 28.7 Å². The average molecular weight is 480 g/mol. The third-order valence-corrected chi connectivity index (χ3v) is 5.86. The van der Waals surface area contributed by atoms with E-state index in [1.807, 2.05) is 56.3 Å². The van der Waals surface area contributed by atoms with E-state index in [0.29, 0.717) is 23.6 Å². The van der Waals surface area contributed by atoms with E-state index in [1.54, 1.807) is 7.11 Å². The van der Waals surface area contributed by atoms with Gasteiger partial charge in [0, 0.05) is 29.3 Å². The number of rotatable bonds is 7. The van der Waals surface area contributed by atoms with Gasteiger partial charge in [-0.2, -0.15) is 0 Å². The topological polar surface area (TPSA) is 63.2 Å². The normalized spacial score (nSPS) is 14.8. The highest BCUT2D eigenvalue weighted by molar-refractivity contribution is 6.03. The number of nitrogens with zero attached hydrogens (tertiary/aromatic N) is 2. The first-order chi connectivity index (χ1) is 16.8. The van der Waals surface area contributed by atoms with Crippen LogP contribution in [0, 0.1) is 25.5 Å². The van der Waals surface area contributed by atoms with Crippen molar-refractivity contribution in [2.75, 3.05) is 19.0 Å². The SMILES string of the molecule is COc1ccccc1C1=NOC(CN(Cc2ccc(F)cc2F)C(=O)Nc2ccc(C)cc2C)C1. The van der Waals surface area contributed by atoms with Crippen LogP contribution in [-0.4, -0.2) is 36.4 Å². The smallest absolute Gasteiger partial charge is 0.322 e. The molecule has 2 amide bonds. The second-order valence-corrected chi connectivity index (χ2v) is 8.53. The Kier molecular flexibility index (Phi) is 7.29. The number of benzene rings is 3. The molecule has 0 saturated heterocycles. The minimum absolute atomic E-state index is 0.0628. The fraction of sp³-hybridized carbons (Fsp3) is 0.259. The summed E-state index contributed by atoms with van der Waals surface area (Å²) in [5.41, 5.74) is 4.36. The number of urea groups is 1. The van der Waals surface area contributed by atoms with Gasteiger partial charge in [0.05, 0.1) is 25.9 Å². The van der Waals surface area contributed by atoms with E-state index >= 15 is 0 Å². The number of carbonyl (C=O) groups excluding carboxylic acids is 1. The fourth-order valence-corrected chi connectivity index (χ4v) is 4.04. The first-order valence-electron chi connectivity index (χ1n) is 11.3. The largest absolute Gasteiger partial charge is 0.496 e. The van der Waals surface area contributed by atoms with E-state index in [-0.39, 0.29) is 18.7 Å². The van der Waals surface area contributed by atoms with Crippen molar-refractivity contribution in [3.05, 3.63) is 94.6 Å². The van der Waals surface area contributed by atoms with Crippen molar-refractivity contribution >= 4 is 17.4 Å². The lowest BCUT2D eigenvalue weighted by atomic mass is 10.0. The summed E-state index contributed by atoms with van der Waals surface area (Å²) in [5.74, 6) is -0.715. The van der Waals surface area contributed by atoms with Crippen LogP contribution in [0.5, 0.6) is 5.75 Å². The standard InChI is InChI=1S/C27H27F2N3O3/c1-17-8-11-24(18(2)12-17)30-27(33)32(15-19-9-10-20(28)13-23(19)29)16-21-14-25(31-35-21)22-6-4-5-7-26(22)34-3/h4-13,21H,14-16H2,1-3H3,(H,30,33). The minimum atomic E-state index is -0.715. The summed E-state index contributed by atoms with van der Waals surface area (Å²) in [6.45, 7) is 3.96. The molecule has 6 nitrogen and oxygen atoms in total. The maximum Gasteiger partial charge on any atom is 0.322 e. The van der Waals surface area contributed by atoms with Gasteiger partial charge in [-0.3, -0.25) is 0 Å². The molecular formula is C27H27F2N3O3. The van der Waals surface area contributed by atoms with E-state index in [1.165, 1.54) is 17.0 Å². The van der Waals surface area contributed by atoms with Gasteiger partial charge in [-0.25, -0.2) is 13.6 Å². The molecule has 0 saturated carbocycles. The average Bonchev–Trinajstić information content (AvgIpc) is 3.30. The summed E-state index contributed by atoms with van der Waals surface area (Å²) in [7, 11) is 1.59. The maximum atomic E-state index is 14.4. The number of carbonyl (C=O) groups is 1. The number of para-hydroxylation sites is 1. The third-order valence-electron chi connectivity index (χ3n) is 5.86. The molecule has 1 aliphatic heterocycles. The van der Waals surface area contributed by atoms with Crippen LogP contribution in [0.2, 0.25) is 0 Å². The molecule has 4 rings (SSSR count). The van der Waals surface area contributed by atoms with Crippen molar-refractivity contribution in [1.29, 1.82) is 0 Å². The summed E-state index contributed by atoms with van der Waals surface area (Å²) >= 11 is 0. The number of methoxy groups -OCH3 is 1. The zero-order valence-electron chi connectivity index (χ0n) is 19.8. The summed E-state index contributed by atoms with van der Waals surface area (Å²) in [4.78, 5) is 20.4. The molecule has 8 heteroatoms. The van der Waals surface area contributed by atoms with Crippen LogP contribution < -0.4 is 10.1 Å². The quantitative estimate of drug-likeness (QED) is 0.465. The van der Waals surface area contributed by atoms with E-state index in [9.17, 15) is 13.6 Å². The molecule has 0 aliphatic carbocycles. The van der Waals surface area contributed by atoms with Crippen LogP contribution in [-0.2, 0) is 11.4 Å². The van der Waals surface area contributed by atoms with Crippen molar-refractivity contribution in [2.45, 2.75) is 32.9 Å². The van der Waals surface area contributed by atoms with Gasteiger partial charge < -0.3 is 19.8 Å². The lowest BCUT2D eigenvalue weighted by Gasteiger charge is -2.26. The number of ether oxygens (including phenoxy) is 1. The van der Waals surface area contributed by atoms with Crippen LogP contribution in [0.25, 0.3) is 0 Å². The number of halogens is 2. The van der Waals surface area contributed by atoms with Crippen molar-refractivity contribution in [3.63, 3.8) is 0 Å². The zero-order chi connectivity index (χ0) is 24.9. The maximum absolute atomic E-state index is 14.4. The minimum Gasteiger partial charge on any atom is -0.496 e. The number of nitrogens with one attached hydrogen (secondary N) is 1. The highest BCUT2D eigenvalue weighted by Gasteiger charge is 2.29. The van der Waals surface area contributed by atoms with Gasteiger partial charge in [-0.05, 0) is 43.7 Å². The van der Waals surface area contributed by atoms with Crippen LogP contribution in [0.4, 0.5) is 19.3 Å². The molecule has 0 fully saturated rings. The molecule has 1 unspecified atom stereocenters. The Morgan fingerprint density at radius 2 is 1.94 bits per heavy atom. The first-order valence-corrected chi connectivity index (χ1v) is 11.3. The Morgan fingerprint density at radius 1 is 1.14 bits per heavy atom. The van der Waals surface area contributed by atoms with Crippen molar-refractivity contribution < 1.29 is 23.1 Å². The van der Waals surface area contributed by atoms with Crippen LogP contribution in [0.15, 0.2) is 65.8 Å².